The van der Waals surface area contributed by atoms with Crippen molar-refractivity contribution in [3.05, 3.63) is 57.0 Å². The molecule has 0 bridgehead atoms. The Labute approximate surface area is 138 Å². The summed E-state index contributed by atoms with van der Waals surface area (Å²) in [6, 6.07) is 11.7. The summed E-state index contributed by atoms with van der Waals surface area (Å²) in [4.78, 5) is 0. The summed E-state index contributed by atoms with van der Waals surface area (Å²) in [5.74, 6) is 1.43. The molecule has 21 heavy (non-hydrogen) atoms. The van der Waals surface area contributed by atoms with E-state index in [0.717, 1.165) is 26.4 Å². The number of ether oxygens (including phenoxy) is 2. The molecule has 0 spiro atoms. The van der Waals surface area contributed by atoms with Gasteiger partial charge in [0.25, 0.3) is 0 Å². The third-order valence-electron chi connectivity index (χ3n) is 3.14. The largest absolute Gasteiger partial charge is 0.493 e. The lowest BCUT2D eigenvalue weighted by Gasteiger charge is -2.13. The molecular formula is C16H17BrClNO2. The van der Waals surface area contributed by atoms with E-state index < -0.39 is 0 Å². The zero-order valence-electron chi connectivity index (χ0n) is 12.0. The first-order valence-electron chi connectivity index (χ1n) is 6.50. The second-order valence-electron chi connectivity index (χ2n) is 4.49. The van der Waals surface area contributed by atoms with Crippen LogP contribution in [0.15, 0.2) is 40.9 Å². The molecule has 0 saturated carbocycles. The molecule has 5 heteroatoms. The monoisotopic (exact) mass is 369 g/mol. The van der Waals surface area contributed by atoms with Crippen molar-refractivity contribution in [1.82, 2.24) is 5.32 Å². The second-order valence-corrected chi connectivity index (χ2v) is 5.76. The Morgan fingerprint density at radius 3 is 2.29 bits per heavy atom. The standard InChI is InChI=1S/C16H17BrClNO2/c1-20-15-7-12(13(17)8-16(15)21-2)10-19-9-11-5-3-4-6-14(11)18/h3-8,19H,9-10H2,1-2H3. The molecule has 2 aromatic rings. The number of halogens is 2. The molecule has 0 aliphatic carbocycles. The molecule has 0 fully saturated rings. The molecule has 0 atom stereocenters. The molecule has 0 aliphatic heterocycles. The average molecular weight is 371 g/mol. The summed E-state index contributed by atoms with van der Waals surface area (Å²) in [5.41, 5.74) is 2.18. The third kappa shape index (κ3) is 4.13. The topological polar surface area (TPSA) is 30.5 Å². The zero-order chi connectivity index (χ0) is 15.2. The van der Waals surface area contributed by atoms with E-state index in [2.05, 4.69) is 21.2 Å². The van der Waals surface area contributed by atoms with Crippen LogP contribution < -0.4 is 14.8 Å². The van der Waals surface area contributed by atoms with Crippen molar-refractivity contribution in [3.63, 3.8) is 0 Å². The zero-order valence-corrected chi connectivity index (χ0v) is 14.3. The average Bonchev–Trinajstić information content (AvgIpc) is 2.50. The third-order valence-corrected chi connectivity index (χ3v) is 4.25. The Kier molecular flexibility index (Phi) is 5.91. The number of benzene rings is 2. The number of hydrogen-bond acceptors (Lipinski definition) is 3. The Balaban J connectivity index is 2.05. The van der Waals surface area contributed by atoms with Crippen molar-refractivity contribution in [1.29, 1.82) is 0 Å². The van der Waals surface area contributed by atoms with Gasteiger partial charge in [0, 0.05) is 22.6 Å². The Hall–Kier alpha value is -1.23. The molecule has 112 valence electrons. The molecule has 2 aromatic carbocycles. The number of nitrogens with one attached hydrogen (secondary N) is 1. The second kappa shape index (κ2) is 7.69. The van der Waals surface area contributed by atoms with E-state index in [-0.39, 0.29) is 0 Å². The molecule has 2 rings (SSSR count). The lowest BCUT2D eigenvalue weighted by molar-refractivity contribution is 0.354. The van der Waals surface area contributed by atoms with Crippen molar-refractivity contribution in [2.45, 2.75) is 13.1 Å². The summed E-state index contributed by atoms with van der Waals surface area (Å²) in [6.07, 6.45) is 0. The van der Waals surface area contributed by atoms with Gasteiger partial charge in [-0.2, -0.15) is 0 Å². The normalized spacial score (nSPS) is 10.5. The Bertz CT molecular complexity index is 619. The van der Waals surface area contributed by atoms with Crippen molar-refractivity contribution in [3.8, 4) is 11.5 Å². The van der Waals surface area contributed by atoms with Gasteiger partial charge in [-0.15, -0.1) is 0 Å². The SMILES string of the molecule is COc1cc(Br)c(CNCc2ccccc2Cl)cc1OC. The first-order valence-corrected chi connectivity index (χ1v) is 7.67. The lowest BCUT2D eigenvalue weighted by atomic mass is 10.2. The predicted molar refractivity (Wildman–Crippen MR) is 89.2 cm³/mol. The molecule has 1 N–H and O–H groups in total. The highest BCUT2D eigenvalue weighted by Crippen LogP contribution is 2.33. The summed E-state index contributed by atoms with van der Waals surface area (Å²) in [5, 5.41) is 4.15. The van der Waals surface area contributed by atoms with Gasteiger partial charge < -0.3 is 14.8 Å². The van der Waals surface area contributed by atoms with Gasteiger partial charge >= 0.3 is 0 Å². The number of hydrogen-bond donors (Lipinski definition) is 1. The molecule has 3 nitrogen and oxygen atoms in total. The van der Waals surface area contributed by atoms with Gasteiger partial charge in [0.2, 0.25) is 0 Å². The molecule has 0 radical (unpaired) electrons. The van der Waals surface area contributed by atoms with Gasteiger partial charge in [0.05, 0.1) is 14.2 Å². The van der Waals surface area contributed by atoms with E-state index in [1.807, 2.05) is 36.4 Å². The highest BCUT2D eigenvalue weighted by Gasteiger charge is 2.09. The van der Waals surface area contributed by atoms with Crippen LogP contribution >= 0.6 is 27.5 Å². The van der Waals surface area contributed by atoms with Crippen LogP contribution in [0.2, 0.25) is 5.02 Å². The summed E-state index contributed by atoms with van der Waals surface area (Å²) in [6.45, 7) is 1.41. The van der Waals surface area contributed by atoms with E-state index in [1.54, 1.807) is 14.2 Å². The number of methoxy groups -OCH3 is 2. The van der Waals surface area contributed by atoms with Crippen LogP contribution in [0.4, 0.5) is 0 Å². The van der Waals surface area contributed by atoms with Crippen molar-refractivity contribution < 1.29 is 9.47 Å². The first kappa shape index (κ1) is 16.1. The maximum absolute atomic E-state index is 6.14. The van der Waals surface area contributed by atoms with Crippen LogP contribution in [-0.2, 0) is 13.1 Å². The first-order chi connectivity index (χ1) is 10.2. The van der Waals surface area contributed by atoms with Crippen LogP contribution in [-0.4, -0.2) is 14.2 Å². The molecule has 0 aliphatic rings. The fourth-order valence-electron chi connectivity index (χ4n) is 2.01. The summed E-state index contributed by atoms with van der Waals surface area (Å²) >= 11 is 9.69. The minimum Gasteiger partial charge on any atom is -0.493 e. The maximum atomic E-state index is 6.14. The smallest absolute Gasteiger partial charge is 0.161 e. The van der Waals surface area contributed by atoms with E-state index in [9.17, 15) is 0 Å². The van der Waals surface area contributed by atoms with Crippen molar-refractivity contribution >= 4 is 27.5 Å². The van der Waals surface area contributed by atoms with E-state index in [4.69, 9.17) is 21.1 Å². The van der Waals surface area contributed by atoms with E-state index >= 15 is 0 Å². The van der Waals surface area contributed by atoms with Gasteiger partial charge in [0.15, 0.2) is 11.5 Å². The molecule has 0 saturated heterocycles. The summed E-state index contributed by atoms with van der Waals surface area (Å²) < 4.78 is 11.6. The van der Waals surface area contributed by atoms with E-state index in [1.165, 1.54) is 0 Å². The molecule has 0 aromatic heterocycles. The quantitative estimate of drug-likeness (QED) is 0.817. The Morgan fingerprint density at radius 2 is 1.62 bits per heavy atom. The molecule has 0 amide bonds. The number of rotatable bonds is 6. The molecule has 0 unspecified atom stereocenters. The van der Waals surface area contributed by atoms with Gasteiger partial charge in [-0.25, -0.2) is 0 Å². The predicted octanol–water partition coefficient (Wildman–Crippen LogP) is 4.41. The van der Waals surface area contributed by atoms with Crippen LogP contribution in [0.5, 0.6) is 11.5 Å². The fourth-order valence-corrected chi connectivity index (χ4v) is 2.67. The van der Waals surface area contributed by atoms with Crippen molar-refractivity contribution in [2.24, 2.45) is 0 Å². The minimum atomic E-state index is 0.701. The highest BCUT2D eigenvalue weighted by molar-refractivity contribution is 9.10. The summed E-state index contributed by atoms with van der Waals surface area (Å²) in [7, 11) is 3.26. The Morgan fingerprint density at radius 1 is 1.00 bits per heavy atom. The van der Waals surface area contributed by atoms with Gasteiger partial charge in [-0.3, -0.25) is 0 Å². The highest BCUT2D eigenvalue weighted by atomic mass is 79.9. The van der Waals surface area contributed by atoms with Crippen LogP contribution in [0, 0.1) is 0 Å². The fraction of sp³-hybridized carbons (Fsp3) is 0.250. The van der Waals surface area contributed by atoms with E-state index in [0.29, 0.717) is 18.8 Å². The van der Waals surface area contributed by atoms with Gasteiger partial charge in [-0.1, -0.05) is 45.7 Å². The van der Waals surface area contributed by atoms with Crippen LogP contribution in [0.25, 0.3) is 0 Å². The maximum Gasteiger partial charge on any atom is 0.161 e. The van der Waals surface area contributed by atoms with Gasteiger partial charge in [-0.05, 0) is 29.3 Å². The molecular weight excluding hydrogens is 354 g/mol. The van der Waals surface area contributed by atoms with Crippen molar-refractivity contribution in [2.75, 3.05) is 14.2 Å². The minimum absolute atomic E-state index is 0.701. The molecule has 0 heterocycles. The van der Waals surface area contributed by atoms with Crippen LogP contribution in [0.1, 0.15) is 11.1 Å². The van der Waals surface area contributed by atoms with Gasteiger partial charge in [0.1, 0.15) is 0 Å². The lowest BCUT2D eigenvalue weighted by Crippen LogP contribution is -2.13. The van der Waals surface area contributed by atoms with Crippen LogP contribution in [0.3, 0.4) is 0 Å².